The SMILES string of the molecule is CC(C)(C)c1ccc(S(=O)(=O)Nc2cc(Cl)cnc2-n2cc(C(=O)N3CCC3)cn2)cc1. The average Bonchev–Trinajstić information content (AvgIpc) is 3.16. The molecule has 4 rings (SSSR count). The van der Waals surface area contributed by atoms with Crippen molar-refractivity contribution >= 4 is 33.2 Å². The van der Waals surface area contributed by atoms with Crippen LogP contribution < -0.4 is 4.72 Å². The fraction of sp³-hybridized carbons (Fsp3) is 0.318. The molecule has 1 aliphatic heterocycles. The molecular formula is C22H24ClN5O3S. The maximum atomic E-state index is 13.0. The number of hydrogen-bond donors (Lipinski definition) is 1. The molecule has 2 aromatic heterocycles. The Bertz CT molecular complexity index is 1260. The zero-order valence-electron chi connectivity index (χ0n) is 18.0. The number of halogens is 1. The lowest BCUT2D eigenvalue weighted by Gasteiger charge is -2.30. The van der Waals surface area contributed by atoms with Crippen molar-refractivity contribution in [3.8, 4) is 5.82 Å². The summed E-state index contributed by atoms with van der Waals surface area (Å²) in [5.41, 5.74) is 1.50. The van der Waals surface area contributed by atoms with Crippen LogP contribution in [-0.2, 0) is 15.4 Å². The molecule has 10 heteroatoms. The summed E-state index contributed by atoms with van der Waals surface area (Å²) in [6, 6.07) is 8.19. The molecule has 0 spiro atoms. The first-order chi connectivity index (χ1) is 15.0. The van der Waals surface area contributed by atoms with Gasteiger partial charge in [0.15, 0.2) is 5.82 Å². The van der Waals surface area contributed by atoms with E-state index in [9.17, 15) is 13.2 Å². The Hall–Kier alpha value is -2.91. The van der Waals surface area contributed by atoms with Gasteiger partial charge in [0.05, 0.1) is 27.4 Å². The summed E-state index contributed by atoms with van der Waals surface area (Å²) in [6.45, 7) is 7.63. The van der Waals surface area contributed by atoms with Crippen molar-refractivity contribution in [3.05, 3.63) is 65.1 Å². The van der Waals surface area contributed by atoms with Crippen molar-refractivity contribution in [2.24, 2.45) is 0 Å². The van der Waals surface area contributed by atoms with Gasteiger partial charge < -0.3 is 4.90 Å². The second-order valence-corrected chi connectivity index (χ2v) is 10.8. The molecule has 32 heavy (non-hydrogen) atoms. The molecule has 8 nitrogen and oxygen atoms in total. The van der Waals surface area contributed by atoms with Gasteiger partial charge >= 0.3 is 0 Å². The fourth-order valence-corrected chi connectivity index (χ4v) is 4.49. The Labute approximate surface area is 192 Å². The molecule has 0 atom stereocenters. The lowest BCUT2D eigenvalue weighted by molar-refractivity contribution is 0.0652. The number of carbonyl (C=O) groups is 1. The zero-order valence-corrected chi connectivity index (χ0v) is 19.6. The van der Waals surface area contributed by atoms with Gasteiger partial charge in [-0.2, -0.15) is 5.10 Å². The maximum Gasteiger partial charge on any atom is 0.262 e. The van der Waals surface area contributed by atoms with E-state index < -0.39 is 10.0 Å². The van der Waals surface area contributed by atoms with Gasteiger partial charge in [0.2, 0.25) is 0 Å². The maximum absolute atomic E-state index is 13.0. The Morgan fingerprint density at radius 2 is 1.81 bits per heavy atom. The molecule has 0 aliphatic carbocycles. The highest BCUT2D eigenvalue weighted by Crippen LogP contribution is 2.27. The van der Waals surface area contributed by atoms with E-state index >= 15 is 0 Å². The second-order valence-electron chi connectivity index (χ2n) is 8.72. The third-order valence-electron chi connectivity index (χ3n) is 5.30. The summed E-state index contributed by atoms with van der Waals surface area (Å²) in [5, 5.41) is 4.47. The summed E-state index contributed by atoms with van der Waals surface area (Å²) in [4.78, 5) is 18.5. The Morgan fingerprint density at radius 3 is 2.41 bits per heavy atom. The molecule has 1 aliphatic rings. The number of anilines is 1. The third-order valence-corrected chi connectivity index (χ3v) is 6.89. The lowest BCUT2D eigenvalue weighted by atomic mass is 9.87. The smallest absolute Gasteiger partial charge is 0.262 e. The van der Waals surface area contributed by atoms with Gasteiger partial charge in [-0.3, -0.25) is 9.52 Å². The predicted molar refractivity (Wildman–Crippen MR) is 123 cm³/mol. The molecule has 0 radical (unpaired) electrons. The second kappa shape index (κ2) is 8.22. The fourth-order valence-electron chi connectivity index (χ4n) is 3.28. The van der Waals surface area contributed by atoms with Crippen molar-refractivity contribution in [2.45, 2.75) is 37.5 Å². The lowest BCUT2D eigenvalue weighted by Crippen LogP contribution is -2.41. The number of carbonyl (C=O) groups excluding carboxylic acids is 1. The van der Waals surface area contributed by atoms with Crippen LogP contribution in [0.5, 0.6) is 0 Å². The number of sulfonamides is 1. The summed E-state index contributed by atoms with van der Waals surface area (Å²) >= 11 is 6.09. The highest BCUT2D eigenvalue weighted by atomic mass is 35.5. The highest BCUT2D eigenvalue weighted by Gasteiger charge is 2.24. The predicted octanol–water partition coefficient (Wildman–Crippen LogP) is 3.86. The van der Waals surface area contributed by atoms with E-state index in [2.05, 4.69) is 35.6 Å². The summed E-state index contributed by atoms with van der Waals surface area (Å²) < 4.78 is 30.0. The van der Waals surface area contributed by atoms with Crippen molar-refractivity contribution in [1.82, 2.24) is 19.7 Å². The Morgan fingerprint density at radius 1 is 1.12 bits per heavy atom. The Balaban J connectivity index is 1.64. The molecule has 1 fully saturated rings. The number of likely N-dealkylation sites (tertiary alicyclic amines) is 1. The molecule has 3 heterocycles. The number of benzene rings is 1. The van der Waals surface area contributed by atoms with Gasteiger partial charge in [-0.05, 0) is 35.6 Å². The van der Waals surface area contributed by atoms with Gasteiger partial charge in [0, 0.05) is 25.5 Å². The van der Waals surface area contributed by atoms with Crippen LogP contribution in [0.3, 0.4) is 0 Å². The van der Waals surface area contributed by atoms with Gasteiger partial charge in [0.1, 0.15) is 0 Å². The first kappa shape index (κ1) is 22.3. The van der Waals surface area contributed by atoms with Crippen LogP contribution in [0, 0.1) is 0 Å². The minimum absolute atomic E-state index is 0.0922. The van der Waals surface area contributed by atoms with Crippen molar-refractivity contribution in [3.63, 3.8) is 0 Å². The molecular weight excluding hydrogens is 450 g/mol. The van der Waals surface area contributed by atoms with Gasteiger partial charge in [0.25, 0.3) is 15.9 Å². The third kappa shape index (κ3) is 4.49. The minimum Gasteiger partial charge on any atom is -0.338 e. The largest absolute Gasteiger partial charge is 0.338 e. The number of rotatable bonds is 5. The standard InChI is InChI=1S/C22H24ClN5O3S/c1-22(2,3)16-5-7-18(8-6-16)32(30,31)26-19-11-17(23)13-24-20(19)28-14-15(12-25-28)21(29)27-9-4-10-27/h5-8,11-14,26H,4,9-10H2,1-3H3. The van der Waals surface area contributed by atoms with E-state index in [0.29, 0.717) is 5.56 Å². The van der Waals surface area contributed by atoms with Crippen LogP contribution in [0.15, 0.2) is 53.8 Å². The molecule has 1 N–H and O–H groups in total. The van der Waals surface area contributed by atoms with E-state index in [1.54, 1.807) is 29.2 Å². The number of pyridine rings is 1. The highest BCUT2D eigenvalue weighted by molar-refractivity contribution is 7.92. The number of aromatic nitrogens is 3. The molecule has 0 saturated carbocycles. The van der Waals surface area contributed by atoms with Crippen molar-refractivity contribution < 1.29 is 13.2 Å². The topological polar surface area (TPSA) is 97.2 Å². The van der Waals surface area contributed by atoms with E-state index in [1.165, 1.54) is 29.3 Å². The molecule has 0 unspecified atom stereocenters. The number of hydrogen-bond acceptors (Lipinski definition) is 5. The van der Waals surface area contributed by atoms with Gasteiger partial charge in [-0.1, -0.05) is 44.5 Å². The monoisotopic (exact) mass is 473 g/mol. The summed E-state index contributed by atoms with van der Waals surface area (Å²) in [5.74, 6) is 0.101. The van der Waals surface area contributed by atoms with Gasteiger partial charge in [-0.15, -0.1) is 0 Å². The van der Waals surface area contributed by atoms with Crippen LogP contribution in [0.2, 0.25) is 5.02 Å². The quantitative estimate of drug-likeness (QED) is 0.606. The zero-order chi connectivity index (χ0) is 23.1. The first-order valence-corrected chi connectivity index (χ1v) is 12.0. The van der Waals surface area contributed by atoms with E-state index in [1.807, 2.05) is 0 Å². The molecule has 0 bridgehead atoms. The van der Waals surface area contributed by atoms with Crippen molar-refractivity contribution in [2.75, 3.05) is 17.8 Å². The molecule has 1 amide bonds. The van der Waals surface area contributed by atoms with Crippen LogP contribution in [-0.4, -0.2) is 47.1 Å². The number of amides is 1. The average molecular weight is 474 g/mol. The minimum atomic E-state index is -3.91. The van der Waals surface area contributed by atoms with E-state index in [4.69, 9.17) is 11.6 Å². The molecule has 1 aromatic carbocycles. The van der Waals surface area contributed by atoms with E-state index in [-0.39, 0.29) is 32.7 Å². The van der Waals surface area contributed by atoms with Crippen molar-refractivity contribution in [1.29, 1.82) is 0 Å². The molecule has 3 aromatic rings. The van der Waals surface area contributed by atoms with Crippen LogP contribution >= 0.6 is 11.6 Å². The van der Waals surface area contributed by atoms with Gasteiger partial charge in [-0.25, -0.2) is 18.1 Å². The molecule has 168 valence electrons. The normalized spacial score (nSPS) is 14.2. The Kier molecular flexibility index (Phi) is 5.72. The van der Waals surface area contributed by atoms with Crippen LogP contribution in [0.25, 0.3) is 5.82 Å². The molecule has 1 saturated heterocycles. The van der Waals surface area contributed by atoms with Crippen LogP contribution in [0.4, 0.5) is 5.69 Å². The number of nitrogens with one attached hydrogen (secondary N) is 1. The van der Waals surface area contributed by atoms with Crippen LogP contribution in [0.1, 0.15) is 43.1 Å². The first-order valence-electron chi connectivity index (χ1n) is 10.2. The summed E-state index contributed by atoms with van der Waals surface area (Å²) in [6.07, 6.45) is 5.36. The number of nitrogens with zero attached hydrogens (tertiary/aromatic N) is 4. The summed E-state index contributed by atoms with van der Waals surface area (Å²) in [7, 11) is -3.91. The van der Waals surface area contributed by atoms with E-state index in [0.717, 1.165) is 25.1 Å².